The number of likely N-dealkylation sites (tertiary alicyclic amines) is 1. The van der Waals surface area contributed by atoms with Crippen LogP contribution in [-0.4, -0.2) is 40.6 Å². The van der Waals surface area contributed by atoms with Crippen molar-refractivity contribution in [1.82, 2.24) is 4.90 Å². The summed E-state index contributed by atoms with van der Waals surface area (Å²) >= 11 is 7.49. The lowest BCUT2D eigenvalue weighted by molar-refractivity contribution is 0.110. The molecule has 1 N–H and O–H groups in total. The van der Waals surface area contributed by atoms with E-state index in [1.54, 1.807) is 11.8 Å². The Morgan fingerprint density at radius 3 is 2.50 bits per heavy atom. The van der Waals surface area contributed by atoms with Crippen molar-refractivity contribution in [2.24, 2.45) is 4.99 Å². The number of piperidine rings is 1. The van der Waals surface area contributed by atoms with Gasteiger partial charge < -0.3 is 10.0 Å². The number of amidine groups is 1. The van der Waals surface area contributed by atoms with E-state index in [1.165, 1.54) is 0 Å². The molecule has 1 aliphatic rings. The summed E-state index contributed by atoms with van der Waals surface area (Å²) in [7, 11) is 0. The Morgan fingerprint density at radius 1 is 1.33 bits per heavy atom. The van der Waals surface area contributed by atoms with Gasteiger partial charge in [-0.1, -0.05) is 23.4 Å². The number of aliphatic hydroxyl groups excluding tert-OH is 1. The van der Waals surface area contributed by atoms with Crippen LogP contribution in [-0.2, 0) is 0 Å². The van der Waals surface area contributed by atoms with E-state index in [0.29, 0.717) is 0 Å². The van der Waals surface area contributed by atoms with E-state index >= 15 is 0 Å². The lowest BCUT2D eigenvalue weighted by Crippen LogP contribution is -2.38. The van der Waals surface area contributed by atoms with E-state index in [2.05, 4.69) is 9.89 Å². The maximum absolute atomic E-state index is 9.51. The topological polar surface area (TPSA) is 35.8 Å². The van der Waals surface area contributed by atoms with Gasteiger partial charge in [-0.2, -0.15) is 0 Å². The van der Waals surface area contributed by atoms with E-state index in [1.807, 2.05) is 30.5 Å². The maximum Gasteiger partial charge on any atom is 0.164 e. The number of aliphatic imine (C=N–C) groups is 1. The third-order valence-electron chi connectivity index (χ3n) is 2.97. The molecular formula is C13H17ClN2OS. The number of thioether (sulfide) groups is 1. The van der Waals surface area contributed by atoms with E-state index < -0.39 is 0 Å². The number of aliphatic hydroxyl groups is 1. The van der Waals surface area contributed by atoms with Crippen molar-refractivity contribution in [3.8, 4) is 0 Å². The van der Waals surface area contributed by atoms with Crippen molar-refractivity contribution in [2.45, 2.75) is 18.9 Å². The summed E-state index contributed by atoms with van der Waals surface area (Å²) < 4.78 is 0. The number of hydrogen-bond donors (Lipinski definition) is 1. The van der Waals surface area contributed by atoms with Crippen LogP contribution in [0, 0.1) is 0 Å². The number of halogens is 1. The molecule has 1 fully saturated rings. The Kier molecular flexibility index (Phi) is 4.92. The first-order chi connectivity index (χ1) is 8.69. The van der Waals surface area contributed by atoms with E-state index in [-0.39, 0.29) is 6.10 Å². The second-order valence-electron chi connectivity index (χ2n) is 4.29. The van der Waals surface area contributed by atoms with Crippen LogP contribution in [0.4, 0.5) is 5.69 Å². The molecule has 0 bridgehead atoms. The van der Waals surface area contributed by atoms with E-state index in [9.17, 15) is 5.11 Å². The van der Waals surface area contributed by atoms with Gasteiger partial charge in [0.05, 0.1) is 11.8 Å². The molecule has 3 nitrogen and oxygen atoms in total. The van der Waals surface area contributed by atoms with Gasteiger partial charge in [-0.3, -0.25) is 0 Å². The molecule has 2 rings (SSSR count). The summed E-state index contributed by atoms with van der Waals surface area (Å²) in [4.78, 5) is 6.86. The van der Waals surface area contributed by atoms with E-state index in [4.69, 9.17) is 11.6 Å². The van der Waals surface area contributed by atoms with Crippen molar-refractivity contribution in [1.29, 1.82) is 0 Å². The molecular weight excluding hydrogens is 268 g/mol. The van der Waals surface area contributed by atoms with Gasteiger partial charge in [-0.05, 0) is 43.4 Å². The van der Waals surface area contributed by atoms with Crippen LogP contribution in [0.2, 0.25) is 5.02 Å². The van der Waals surface area contributed by atoms with Gasteiger partial charge in [0, 0.05) is 18.1 Å². The zero-order valence-corrected chi connectivity index (χ0v) is 11.9. The van der Waals surface area contributed by atoms with Crippen LogP contribution in [0.15, 0.2) is 29.3 Å². The van der Waals surface area contributed by atoms with Crippen LogP contribution in [0.3, 0.4) is 0 Å². The van der Waals surface area contributed by atoms with Crippen molar-refractivity contribution < 1.29 is 5.11 Å². The van der Waals surface area contributed by atoms with Crippen LogP contribution in [0.1, 0.15) is 12.8 Å². The summed E-state index contributed by atoms with van der Waals surface area (Å²) in [5, 5.41) is 11.2. The average molecular weight is 285 g/mol. The minimum atomic E-state index is -0.153. The minimum absolute atomic E-state index is 0.153. The van der Waals surface area contributed by atoms with Gasteiger partial charge in [0.25, 0.3) is 0 Å². The molecule has 1 aromatic carbocycles. The number of nitrogens with zero attached hydrogens (tertiary/aromatic N) is 2. The first-order valence-corrected chi connectivity index (χ1v) is 7.60. The molecule has 0 amide bonds. The minimum Gasteiger partial charge on any atom is -0.393 e. The van der Waals surface area contributed by atoms with Gasteiger partial charge in [-0.15, -0.1) is 0 Å². The molecule has 18 heavy (non-hydrogen) atoms. The molecule has 1 aromatic rings. The molecule has 5 heteroatoms. The molecule has 0 radical (unpaired) electrons. The number of benzene rings is 1. The van der Waals surface area contributed by atoms with Gasteiger partial charge in [0.1, 0.15) is 0 Å². The fourth-order valence-electron chi connectivity index (χ4n) is 1.93. The van der Waals surface area contributed by atoms with Crippen molar-refractivity contribution in [3.63, 3.8) is 0 Å². The highest BCUT2D eigenvalue weighted by molar-refractivity contribution is 8.13. The zero-order chi connectivity index (χ0) is 13.0. The summed E-state index contributed by atoms with van der Waals surface area (Å²) in [6.45, 7) is 1.74. The molecule has 98 valence electrons. The smallest absolute Gasteiger partial charge is 0.164 e. The Labute approximate surface area is 117 Å². The predicted molar refractivity (Wildman–Crippen MR) is 78.9 cm³/mol. The standard InChI is InChI=1S/C13H17ClN2OS/c1-18-13(16-8-6-12(17)7-9-16)15-11-4-2-10(14)3-5-11/h2-5,12,17H,6-9H2,1H3/b15-13+. The fraction of sp³-hybridized carbons (Fsp3) is 0.462. The second kappa shape index (κ2) is 6.45. The number of rotatable bonds is 1. The summed E-state index contributed by atoms with van der Waals surface area (Å²) in [5.41, 5.74) is 0.912. The third-order valence-corrected chi connectivity index (χ3v) is 3.94. The molecule has 1 saturated heterocycles. The average Bonchev–Trinajstić information content (AvgIpc) is 2.39. The van der Waals surface area contributed by atoms with Crippen LogP contribution < -0.4 is 0 Å². The SMILES string of the molecule is CS/C(=N/c1ccc(Cl)cc1)N1CCC(O)CC1. The lowest BCUT2D eigenvalue weighted by atomic mass is 10.1. The van der Waals surface area contributed by atoms with Gasteiger partial charge in [-0.25, -0.2) is 4.99 Å². The second-order valence-corrected chi connectivity index (χ2v) is 5.50. The number of hydrogen-bond acceptors (Lipinski definition) is 3. The Balaban J connectivity index is 2.10. The highest BCUT2D eigenvalue weighted by atomic mass is 35.5. The molecule has 0 aromatic heterocycles. The highest BCUT2D eigenvalue weighted by Crippen LogP contribution is 2.21. The molecule has 0 spiro atoms. The van der Waals surface area contributed by atoms with Gasteiger partial charge in [0.2, 0.25) is 0 Å². The largest absolute Gasteiger partial charge is 0.393 e. The maximum atomic E-state index is 9.51. The molecule has 1 heterocycles. The summed E-state index contributed by atoms with van der Waals surface area (Å²) in [5.74, 6) is 0. The first kappa shape index (κ1) is 13.7. The molecule has 0 saturated carbocycles. The highest BCUT2D eigenvalue weighted by Gasteiger charge is 2.19. The lowest BCUT2D eigenvalue weighted by Gasteiger charge is -2.31. The molecule has 1 aliphatic heterocycles. The Hall–Kier alpha value is -0.710. The van der Waals surface area contributed by atoms with Crippen LogP contribution in [0.5, 0.6) is 0 Å². The van der Waals surface area contributed by atoms with Gasteiger partial charge >= 0.3 is 0 Å². The third kappa shape index (κ3) is 3.64. The van der Waals surface area contributed by atoms with Crippen LogP contribution >= 0.6 is 23.4 Å². The monoisotopic (exact) mass is 284 g/mol. The van der Waals surface area contributed by atoms with Gasteiger partial charge in [0.15, 0.2) is 5.17 Å². The van der Waals surface area contributed by atoms with Crippen molar-refractivity contribution in [3.05, 3.63) is 29.3 Å². The first-order valence-electron chi connectivity index (χ1n) is 6.00. The summed E-state index contributed by atoms with van der Waals surface area (Å²) in [6, 6.07) is 7.52. The van der Waals surface area contributed by atoms with Crippen molar-refractivity contribution in [2.75, 3.05) is 19.3 Å². The van der Waals surface area contributed by atoms with E-state index in [0.717, 1.165) is 41.8 Å². The Morgan fingerprint density at radius 2 is 1.94 bits per heavy atom. The fourth-order valence-corrected chi connectivity index (χ4v) is 2.69. The normalized spacial score (nSPS) is 18.2. The molecule has 0 atom stereocenters. The Bertz CT molecular complexity index is 414. The predicted octanol–water partition coefficient (Wildman–Crippen LogP) is 3.15. The molecule has 0 unspecified atom stereocenters. The zero-order valence-electron chi connectivity index (χ0n) is 10.3. The van der Waals surface area contributed by atoms with Crippen molar-refractivity contribution >= 4 is 34.2 Å². The van der Waals surface area contributed by atoms with Crippen LogP contribution in [0.25, 0.3) is 0 Å². The quantitative estimate of drug-likeness (QED) is 0.636. The molecule has 0 aliphatic carbocycles. The summed E-state index contributed by atoms with van der Waals surface area (Å²) in [6.07, 6.45) is 3.51.